The molecule has 1 aromatic carbocycles. The molecule has 0 saturated carbocycles. The first-order valence-corrected chi connectivity index (χ1v) is 7.37. The molecule has 0 aliphatic rings. The minimum atomic E-state index is -3.68. The van der Waals surface area contributed by atoms with Crippen molar-refractivity contribution in [3.63, 3.8) is 0 Å². The molecule has 102 valence electrons. The Morgan fingerprint density at radius 3 is 2.67 bits per heavy atom. The first-order valence-electron chi connectivity index (χ1n) is 5.82. The third kappa shape index (κ3) is 4.29. The molecule has 0 heterocycles. The summed E-state index contributed by atoms with van der Waals surface area (Å²) in [6.45, 7) is 6.83. The van der Waals surface area contributed by atoms with E-state index in [0.29, 0.717) is 18.8 Å². The second kappa shape index (κ2) is 6.17. The van der Waals surface area contributed by atoms with Crippen LogP contribution in [0, 0.1) is 6.92 Å². The molecule has 1 atom stereocenters. The van der Waals surface area contributed by atoms with Crippen LogP contribution in [0.1, 0.15) is 19.4 Å². The van der Waals surface area contributed by atoms with Crippen LogP contribution in [0.4, 0.5) is 5.69 Å². The maximum atomic E-state index is 11.4. The van der Waals surface area contributed by atoms with Gasteiger partial charge in [0.15, 0.2) is 0 Å². The van der Waals surface area contributed by atoms with E-state index in [1.54, 1.807) is 19.1 Å². The van der Waals surface area contributed by atoms with Crippen LogP contribution in [0.15, 0.2) is 23.1 Å². The van der Waals surface area contributed by atoms with Gasteiger partial charge in [0.1, 0.15) is 0 Å². The smallest absolute Gasteiger partial charge is 0.238 e. The van der Waals surface area contributed by atoms with Crippen LogP contribution >= 0.6 is 0 Å². The van der Waals surface area contributed by atoms with Crippen LogP contribution in [-0.2, 0) is 14.8 Å². The van der Waals surface area contributed by atoms with Gasteiger partial charge in [-0.2, -0.15) is 0 Å². The van der Waals surface area contributed by atoms with E-state index in [1.165, 1.54) is 0 Å². The zero-order chi connectivity index (χ0) is 13.8. The molecule has 6 heteroatoms. The zero-order valence-electron chi connectivity index (χ0n) is 10.9. The molecule has 18 heavy (non-hydrogen) atoms. The fourth-order valence-electron chi connectivity index (χ4n) is 1.62. The molecule has 0 radical (unpaired) electrons. The number of benzene rings is 1. The lowest BCUT2D eigenvalue weighted by Crippen LogP contribution is -2.22. The predicted molar refractivity (Wildman–Crippen MR) is 72.1 cm³/mol. The molecule has 3 N–H and O–H groups in total. The molecule has 0 saturated heterocycles. The quantitative estimate of drug-likeness (QED) is 0.822. The Kier molecular flexibility index (Phi) is 5.13. The number of primary sulfonamides is 1. The van der Waals surface area contributed by atoms with E-state index >= 15 is 0 Å². The lowest BCUT2D eigenvalue weighted by Gasteiger charge is -2.16. The second-order valence-electron chi connectivity index (χ2n) is 4.23. The summed E-state index contributed by atoms with van der Waals surface area (Å²) < 4.78 is 28.1. The highest BCUT2D eigenvalue weighted by atomic mass is 32.2. The van der Waals surface area contributed by atoms with Gasteiger partial charge in [-0.15, -0.1) is 0 Å². The summed E-state index contributed by atoms with van der Waals surface area (Å²) in [4.78, 5) is 0.149. The lowest BCUT2D eigenvalue weighted by atomic mass is 10.2. The molecule has 1 unspecified atom stereocenters. The summed E-state index contributed by atoms with van der Waals surface area (Å²) >= 11 is 0. The van der Waals surface area contributed by atoms with Crippen molar-refractivity contribution in [1.29, 1.82) is 0 Å². The van der Waals surface area contributed by atoms with Gasteiger partial charge in [0.05, 0.1) is 11.5 Å². The number of nitrogens with two attached hydrogens (primary N) is 1. The maximum Gasteiger partial charge on any atom is 0.238 e. The summed E-state index contributed by atoms with van der Waals surface area (Å²) in [6, 6.07) is 5.20. The SMILES string of the molecule is CCOCC(C)Nc1ccc(C)c(S(N)(=O)=O)c1. The lowest BCUT2D eigenvalue weighted by molar-refractivity contribution is 0.141. The Morgan fingerprint density at radius 2 is 2.11 bits per heavy atom. The van der Waals surface area contributed by atoms with Crippen LogP contribution in [0.2, 0.25) is 0 Å². The summed E-state index contributed by atoms with van der Waals surface area (Å²) in [5.41, 5.74) is 1.36. The van der Waals surface area contributed by atoms with Gasteiger partial charge in [0.2, 0.25) is 10.0 Å². The number of nitrogens with one attached hydrogen (secondary N) is 1. The van der Waals surface area contributed by atoms with Gasteiger partial charge in [-0.1, -0.05) is 6.07 Å². The molecule has 0 fully saturated rings. The molecule has 5 nitrogen and oxygen atoms in total. The third-order valence-corrected chi connectivity index (χ3v) is 3.53. The molecule has 0 aromatic heterocycles. The normalized spacial score (nSPS) is 13.3. The van der Waals surface area contributed by atoms with Gasteiger partial charge in [-0.3, -0.25) is 0 Å². The van der Waals surface area contributed by atoms with E-state index in [4.69, 9.17) is 9.88 Å². The third-order valence-electron chi connectivity index (χ3n) is 2.48. The van der Waals surface area contributed by atoms with E-state index in [2.05, 4.69) is 5.32 Å². The van der Waals surface area contributed by atoms with Crippen molar-refractivity contribution in [2.24, 2.45) is 5.14 Å². The number of sulfonamides is 1. The molecule has 0 amide bonds. The van der Waals surface area contributed by atoms with Crippen molar-refractivity contribution in [2.75, 3.05) is 18.5 Å². The number of aryl methyl sites for hydroxylation is 1. The molecular weight excluding hydrogens is 252 g/mol. The highest BCUT2D eigenvalue weighted by Crippen LogP contribution is 2.19. The van der Waals surface area contributed by atoms with E-state index in [1.807, 2.05) is 19.9 Å². The summed E-state index contributed by atoms with van der Waals surface area (Å²) in [5.74, 6) is 0. The van der Waals surface area contributed by atoms with E-state index in [-0.39, 0.29) is 10.9 Å². The fraction of sp³-hybridized carbons (Fsp3) is 0.500. The van der Waals surface area contributed by atoms with Crippen LogP contribution < -0.4 is 10.5 Å². The first-order chi connectivity index (χ1) is 8.34. The first kappa shape index (κ1) is 14.9. The second-order valence-corrected chi connectivity index (χ2v) is 5.76. The number of hydrogen-bond acceptors (Lipinski definition) is 4. The Labute approximate surface area is 108 Å². The Balaban J connectivity index is 2.86. The van der Waals surface area contributed by atoms with E-state index in [9.17, 15) is 8.42 Å². The van der Waals surface area contributed by atoms with Gasteiger partial charge in [0.25, 0.3) is 0 Å². The summed E-state index contributed by atoms with van der Waals surface area (Å²) in [6.07, 6.45) is 0. The molecule has 0 aliphatic carbocycles. The average Bonchev–Trinajstić information content (AvgIpc) is 2.27. The summed E-state index contributed by atoms with van der Waals surface area (Å²) in [5, 5.41) is 8.33. The highest BCUT2D eigenvalue weighted by Gasteiger charge is 2.12. The zero-order valence-corrected chi connectivity index (χ0v) is 11.8. The average molecular weight is 272 g/mol. The van der Waals surface area contributed by atoms with Gasteiger partial charge >= 0.3 is 0 Å². The Bertz CT molecular complexity index is 500. The van der Waals surface area contributed by atoms with Gasteiger partial charge < -0.3 is 10.1 Å². The molecule has 0 aliphatic heterocycles. The van der Waals surface area contributed by atoms with Crippen molar-refractivity contribution in [2.45, 2.75) is 31.7 Å². The van der Waals surface area contributed by atoms with Gasteiger partial charge in [0, 0.05) is 18.3 Å². The van der Waals surface area contributed by atoms with Crippen LogP contribution in [0.25, 0.3) is 0 Å². The maximum absolute atomic E-state index is 11.4. The van der Waals surface area contributed by atoms with Crippen molar-refractivity contribution in [3.8, 4) is 0 Å². The topological polar surface area (TPSA) is 81.4 Å². The minimum Gasteiger partial charge on any atom is -0.380 e. The molecular formula is C12H20N2O3S. The Morgan fingerprint density at radius 1 is 1.44 bits per heavy atom. The minimum absolute atomic E-state index is 0.0981. The van der Waals surface area contributed by atoms with E-state index < -0.39 is 10.0 Å². The monoisotopic (exact) mass is 272 g/mol. The van der Waals surface area contributed by atoms with E-state index in [0.717, 1.165) is 5.69 Å². The number of anilines is 1. The number of rotatable bonds is 6. The number of ether oxygens (including phenoxy) is 1. The Hall–Kier alpha value is -1.11. The van der Waals surface area contributed by atoms with Crippen LogP contribution in [-0.4, -0.2) is 27.7 Å². The van der Waals surface area contributed by atoms with Crippen molar-refractivity contribution in [1.82, 2.24) is 0 Å². The van der Waals surface area contributed by atoms with Crippen molar-refractivity contribution < 1.29 is 13.2 Å². The van der Waals surface area contributed by atoms with Gasteiger partial charge in [-0.25, -0.2) is 13.6 Å². The van der Waals surface area contributed by atoms with Crippen molar-refractivity contribution in [3.05, 3.63) is 23.8 Å². The van der Waals surface area contributed by atoms with Crippen LogP contribution in [0.5, 0.6) is 0 Å². The standard InChI is InChI=1S/C12H20N2O3S/c1-4-17-8-10(3)14-11-6-5-9(2)12(7-11)18(13,15)16/h5-7,10,14H,4,8H2,1-3H3,(H2,13,15,16). The highest BCUT2D eigenvalue weighted by molar-refractivity contribution is 7.89. The fourth-order valence-corrected chi connectivity index (χ4v) is 2.43. The molecule has 0 bridgehead atoms. The molecule has 1 rings (SSSR count). The predicted octanol–water partition coefficient (Wildman–Crippen LogP) is 1.48. The molecule has 0 spiro atoms. The molecule has 1 aromatic rings. The van der Waals surface area contributed by atoms with Crippen LogP contribution in [0.3, 0.4) is 0 Å². The summed E-state index contributed by atoms with van der Waals surface area (Å²) in [7, 11) is -3.68. The number of hydrogen-bond donors (Lipinski definition) is 2. The van der Waals surface area contributed by atoms with Crippen molar-refractivity contribution >= 4 is 15.7 Å². The largest absolute Gasteiger partial charge is 0.380 e. The van der Waals surface area contributed by atoms with Gasteiger partial charge in [-0.05, 0) is 38.5 Å².